The van der Waals surface area contributed by atoms with E-state index in [1.165, 1.54) is 0 Å². The molecule has 0 radical (unpaired) electrons. The van der Waals surface area contributed by atoms with Crippen molar-refractivity contribution in [1.82, 2.24) is 0 Å². The molecule has 0 bridgehead atoms. The predicted molar refractivity (Wildman–Crippen MR) is 61.5 cm³/mol. The van der Waals surface area contributed by atoms with Crippen molar-refractivity contribution < 1.29 is 10.2 Å². The third-order valence-electron chi connectivity index (χ3n) is 2.40. The third kappa shape index (κ3) is 3.86. The molecule has 2 N–H and O–H groups in total. The highest BCUT2D eigenvalue weighted by Gasteiger charge is 2.23. The molecule has 0 amide bonds. The minimum absolute atomic E-state index is 0.322. The molecule has 0 aliphatic carbocycles. The molecule has 0 aromatic heterocycles. The molecule has 1 aromatic rings. The number of benzene rings is 1. The molecule has 0 saturated heterocycles. The highest BCUT2D eigenvalue weighted by molar-refractivity contribution is 5.17. The van der Waals surface area contributed by atoms with Crippen LogP contribution in [0.25, 0.3) is 0 Å². The monoisotopic (exact) mass is 206 g/mol. The average Bonchev–Trinajstić information content (AvgIpc) is 2.18. The first-order valence-corrected chi connectivity index (χ1v) is 5.11. The van der Waals surface area contributed by atoms with Gasteiger partial charge in [-0.2, -0.15) is 0 Å². The van der Waals surface area contributed by atoms with Gasteiger partial charge in [-0.05, 0) is 18.9 Å². The molecule has 2 atom stereocenters. The lowest BCUT2D eigenvalue weighted by Gasteiger charge is -2.24. The van der Waals surface area contributed by atoms with Crippen LogP contribution < -0.4 is 0 Å². The number of hydrogen-bond donors (Lipinski definition) is 2. The molecule has 1 rings (SSSR count). The van der Waals surface area contributed by atoms with Crippen molar-refractivity contribution in [1.29, 1.82) is 0 Å². The van der Waals surface area contributed by atoms with Gasteiger partial charge in [0.1, 0.15) is 0 Å². The molecule has 0 fully saturated rings. The van der Waals surface area contributed by atoms with Crippen molar-refractivity contribution in [2.24, 2.45) is 0 Å². The van der Waals surface area contributed by atoms with Gasteiger partial charge in [-0.25, -0.2) is 0 Å². The Hall–Kier alpha value is -1.12. The van der Waals surface area contributed by atoms with Gasteiger partial charge in [0.05, 0.1) is 11.7 Å². The summed E-state index contributed by atoms with van der Waals surface area (Å²) < 4.78 is 0. The molecule has 15 heavy (non-hydrogen) atoms. The van der Waals surface area contributed by atoms with E-state index in [9.17, 15) is 10.2 Å². The first kappa shape index (κ1) is 12.0. The van der Waals surface area contributed by atoms with E-state index in [1.807, 2.05) is 30.3 Å². The van der Waals surface area contributed by atoms with E-state index in [2.05, 4.69) is 6.58 Å². The summed E-state index contributed by atoms with van der Waals surface area (Å²) in [5.41, 5.74) is -0.0568. The molecule has 2 nitrogen and oxygen atoms in total. The first-order chi connectivity index (χ1) is 7.05. The van der Waals surface area contributed by atoms with E-state index < -0.39 is 11.7 Å². The van der Waals surface area contributed by atoms with Gasteiger partial charge in [-0.15, -0.1) is 6.58 Å². The predicted octanol–water partition coefficient (Wildman–Crippen LogP) is 2.44. The lowest BCUT2D eigenvalue weighted by Crippen LogP contribution is -2.26. The molecule has 0 heterocycles. The number of hydrogen-bond acceptors (Lipinski definition) is 2. The van der Waals surface area contributed by atoms with Crippen LogP contribution in [0.4, 0.5) is 0 Å². The van der Waals surface area contributed by atoms with Gasteiger partial charge in [-0.1, -0.05) is 36.4 Å². The molecule has 0 spiro atoms. The fourth-order valence-electron chi connectivity index (χ4n) is 1.60. The van der Waals surface area contributed by atoms with Crippen molar-refractivity contribution in [3.05, 3.63) is 48.6 Å². The normalized spacial score (nSPS) is 16.7. The second-order valence-corrected chi connectivity index (χ2v) is 4.12. The molecule has 2 unspecified atom stereocenters. The maximum absolute atomic E-state index is 9.91. The Morgan fingerprint density at radius 2 is 2.00 bits per heavy atom. The Kier molecular flexibility index (Phi) is 4.06. The SMILES string of the molecule is C=CCC(C)(O)CC(O)c1ccccc1. The van der Waals surface area contributed by atoms with Gasteiger partial charge < -0.3 is 10.2 Å². The number of aliphatic hydroxyl groups excluding tert-OH is 1. The molecule has 1 aromatic carbocycles. The van der Waals surface area contributed by atoms with Gasteiger partial charge in [0, 0.05) is 6.42 Å². The van der Waals surface area contributed by atoms with Crippen LogP contribution in [0.2, 0.25) is 0 Å². The summed E-state index contributed by atoms with van der Waals surface area (Å²) in [6.07, 6.45) is 1.85. The van der Waals surface area contributed by atoms with E-state index in [-0.39, 0.29) is 0 Å². The van der Waals surface area contributed by atoms with E-state index in [4.69, 9.17) is 0 Å². The van der Waals surface area contributed by atoms with Crippen molar-refractivity contribution >= 4 is 0 Å². The molecule has 0 aliphatic rings. The second kappa shape index (κ2) is 5.10. The van der Waals surface area contributed by atoms with Crippen molar-refractivity contribution in [2.75, 3.05) is 0 Å². The van der Waals surface area contributed by atoms with Gasteiger partial charge in [0.25, 0.3) is 0 Å². The Labute approximate surface area is 90.9 Å². The van der Waals surface area contributed by atoms with Crippen LogP contribution in [0.5, 0.6) is 0 Å². The highest BCUT2D eigenvalue weighted by Crippen LogP contribution is 2.25. The average molecular weight is 206 g/mol. The zero-order valence-electron chi connectivity index (χ0n) is 9.06. The van der Waals surface area contributed by atoms with Crippen LogP contribution >= 0.6 is 0 Å². The van der Waals surface area contributed by atoms with Crippen LogP contribution in [-0.2, 0) is 0 Å². The van der Waals surface area contributed by atoms with E-state index >= 15 is 0 Å². The number of aliphatic hydroxyl groups is 2. The Morgan fingerprint density at radius 1 is 1.40 bits per heavy atom. The zero-order chi connectivity index (χ0) is 11.3. The maximum atomic E-state index is 9.91. The molecule has 82 valence electrons. The van der Waals surface area contributed by atoms with Crippen molar-refractivity contribution in [3.63, 3.8) is 0 Å². The summed E-state index contributed by atoms with van der Waals surface area (Å²) in [5, 5.41) is 19.8. The molecule has 0 aliphatic heterocycles. The van der Waals surface area contributed by atoms with E-state index in [1.54, 1.807) is 13.0 Å². The first-order valence-electron chi connectivity index (χ1n) is 5.11. The summed E-state index contributed by atoms with van der Waals surface area (Å²) >= 11 is 0. The fraction of sp³-hybridized carbons (Fsp3) is 0.385. The molecule has 0 saturated carbocycles. The Bertz CT molecular complexity index is 304. The molecular weight excluding hydrogens is 188 g/mol. The highest BCUT2D eigenvalue weighted by atomic mass is 16.3. The van der Waals surface area contributed by atoms with Gasteiger partial charge in [-0.3, -0.25) is 0 Å². The summed E-state index contributed by atoms with van der Waals surface area (Å²) in [6.45, 7) is 5.29. The van der Waals surface area contributed by atoms with Crippen LogP contribution in [-0.4, -0.2) is 15.8 Å². The van der Waals surface area contributed by atoms with Gasteiger partial charge in [0.2, 0.25) is 0 Å². The van der Waals surface area contributed by atoms with E-state index in [0.717, 1.165) is 5.56 Å². The van der Waals surface area contributed by atoms with Crippen molar-refractivity contribution in [3.8, 4) is 0 Å². The fourth-order valence-corrected chi connectivity index (χ4v) is 1.60. The summed E-state index contributed by atoms with van der Waals surface area (Å²) in [4.78, 5) is 0. The number of rotatable bonds is 5. The lowest BCUT2D eigenvalue weighted by molar-refractivity contribution is 0.00554. The largest absolute Gasteiger partial charge is 0.390 e. The van der Waals surface area contributed by atoms with Crippen LogP contribution in [0.1, 0.15) is 31.4 Å². The molecular formula is C13H18O2. The van der Waals surface area contributed by atoms with Crippen LogP contribution in [0.15, 0.2) is 43.0 Å². The standard InChI is InChI=1S/C13H18O2/c1-3-9-13(2,15)10-12(14)11-7-5-4-6-8-11/h3-8,12,14-15H,1,9-10H2,2H3. The quantitative estimate of drug-likeness (QED) is 0.726. The topological polar surface area (TPSA) is 40.5 Å². The van der Waals surface area contributed by atoms with Crippen molar-refractivity contribution in [2.45, 2.75) is 31.5 Å². The summed E-state index contributed by atoms with van der Waals surface area (Å²) in [5.74, 6) is 0. The minimum atomic E-state index is -0.892. The smallest absolute Gasteiger partial charge is 0.0817 e. The Balaban J connectivity index is 2.63. The van der Waals surface area contributed by atoms with Gasteiger partial charge >= 0.3 is 0 Å². The Morgan fingerprint density at radius 3 is 2.53 bits per heavy atom. The zero-order valence-corrected chi connectivity index (χ0v) is 9.06. The molecule has 2 heteroatoms. The maximum Gasteiger partial charge on any atom is 0.0817 e. The summed E-state index contributed by atoms with van der Waals surface area (Å²) in [6, 6.07) is 9.36. The minimum Gasteiger partial charge on any atom is -0.390 e. The summed E-state index contributed by atoms with van der Waals surface area (Å²) in [7, 11) is 0. The van der Waals surface area contributed by atoms with E-state index in [0.29, 0.717) is 12.8 Å². The third-order valence-corrected chi connectivity index (χ3v) is 2.40. The van der Waals surface area contributed by atoms with Crippen LogP contribution in [0, 0.1) is 0 Å². The lowest BCUT2D eigenvalue weighted by atomic mass is 9.92. The van der Waals surface area contributed by atoms with Crippen LogP contribution in [0.3, 0.4) is 0 Å². The second-order valence-electron chi connectivity index (χ2n) is 4.12. The van der Waals surface area contributed by atoms with Gasteiger partial charge in [0.15, 0.2) is 0 Å².